The molecule has 0 aliphatic heterocycles. The van der Waals surface area contributed by atoms with Crippen LogP contribution >= 0.6 is 15.9 Å². The van der Waals surface area contributed by atoms with E-state index in [0.29, 0.717) is 12.2 Å². The fourth-order valence-electron chi connectivity index (χ4n) is 4.78. The van der Waals surface area contributed by atoms with Crippen LogP contribution in [0.15, 0.2) is 112 Å². The second kappa shape index (κ2) is 15.2. The summed E-state index contributed by atoms with van der Waals surface area (Å²) in [6.07, 6.45) is 1.01. The van der Waals surface area contributed by atoms with Crippen LogP contribution in [0, 0.1) is 13.8 Å². The first kappa shape index (κ1) is 33.0. The minimum absolute atomic E-state index is 0.0745. The van der Waals surface area contributed by atoms with Crippen LogP contribution in [-0.4, -0.2) is 44.3 Å². The van der Waals surface area contributed by atoms with Crippen molar-refractivity contribution in [3.05, 3.63) is 130 Å². The summed E-state index contributed by atoms with van der Waals surface area (Å²) in [7, 11) is -4.14. The Morgan fingerprint density at radius 1 is 0.795 bits per heavy atom. The summed E-state index contributed by atoms with van der Waals surface area (Å²) in [5.74, 6) is -0.774. The van der Waals surface area contributed by atoms with Crippen molar-refractivity contribution in [1.82, 2.24) is 10.2 Å². The molecule has 7 nitrogen and oxygen atoms in total. The fourth-order valence-corrected chi connectivity index (χ4v) is 6.46. The molecule has 0 bridgehead atoms. The third kappa shape index (κ3) is 8.57. The first-order chi connectivity index (χ1) is 21.1. The van der Waals surface area contributed by atoms with E-state index >= 15 is 0 Å². The standard InChI is InChI=1S/C35H38BrN3O4S/c1-4-22-37-35(41)33(23-28-8-6-5-7-9-28)38(24-29-14-10-26(2)11-15-29)34(40)25-39(31-18-16-30(36)17-19-31)44(42,43)32-20-12-27(3)13-21-32/h5-21,33H,4,22-25H2,1-3H3,(H,37,41)/t33-/m1/s1. The van der Waals surface area contributed by atoms with Crippen LogP contribution in [-0.2, 0) is 32.6 Å². The maximum Gasteiger partial charge on any atom is 0.264 e. The maximum absolute atomic E-state index is 14.4. The van der Waals surface area contributed by atoms with Gasteiger partial charge in [-0.1, -0.05) is 101 Å². The Morgan fingerprint density at radius 3 is 1.98 bits per heavy atom. The molecule has 0 radical (unpaired) electrons. The van der Waals surface area contributed by atoms with E-state index in [-0.39, 0.29) is 23.8 Å². The number of rotatable bonds is 13. The van der Waals surface area contributed by atoms with Crippen LogP contribution in [0.3, 0.4) is 0 Å². The third-order valence-corrected chi connectivity index (χ3v) is 9.61. The molecular weight excluding hydrogens is 638 g/mol. The molecule has 1 atom stereocenters. The number of aryl methyl sites for hydroxylation is 2. The highest BCUT2D eigenvalue weighted by Gasteiger charge is 2.34. The lowest BCUT2D eigenvalue weighted by atomic mass is 10.0. The largest absolute Gasteiger partial charge is 0.354 e. The molecule has 0 aliphatic carbocycles. The molecule has 2 amide bonds. The molecule has 0 aromatic heterocycles. The highest BCUT2D eigenvalue weighted by molar-refractivity contribution is 9.10. The fraction of sp³-hybridized carbons (Fsp3) is 0.257. The van der Waals surface area contributed by atoms with Gasteiger partial charge in [0, 0.05) is 24.0 Å². The number of amides is 2. The number of carbonyl (C=O) groups is 2. The summed E-state index contributed by atoms with van der Waals surface area (Å²) in [6.45, 7) is 5.93. The van der Waals surface area contributed by atoms with E-state index in [1.165, 1.54) is 4.90 Å². The lowest BCUT2D eigenvalue weighted by Crippen LogP contribution is -2.53. The van der Waals surface area contributed by atoms with Gasteiger partial charge in [-0.15, -0.1) is 0 Å². The first-order valence-corrected chi connectivity index (χ1v) is 16.8. The predicted octanol–water partition coefficient (Wildman–Crippen LogP) is 6.43. The normalized spacial score (nSPS) is 11.9. The summed E-state index contributed by atoms with van der Waals surface area (Å²) in [5.41, 5.74) is 4.05. The highest BCUT2D eigenvalue weighted by atomic mass is 79.9. The molecule has 0 saturated carbocycles. The van der Waals surface area contributed by atoms with Gasteiger partial charge in [-0.3, -0.25) is 13.9 Å². The Bertz CT molecular complexity index is 1640. The molecule has 0 spiro atoms. The van der Waals surface area contributed by atoms with Gasteiger partial charge in [0.2, 0.25) is 11.8 Å². The van der Waals surface area contributed by atoms with Crippen LogP contribution in [0.25, 0.3) is 0 Å². The number of benzene rings is 4. The number of hydrogen-bond acceptors (Lipinski definition) is 4. The quantitative estimate of drug-likeness (QED) is 0.177. The van der Waals surface area contributed by atoms with Gasteiger partial charge in [-0.25, -0.2) is 8.42 Å². The maximum atomic E-state index is 14.4. The summed E-state index contributed by atoms with van der Waals surface area (Å²) >= 11 is 3.41. The zero-order chi connectivity index (χ0) is 31.7. The van der Waals surface area contributed by atoms with Gasteiger partial charge in [0.25, 0.3) is 10.0 Å². The Hall–Kier alpha value is -3.95. The van der Waals surface area contributed by atoms with Gasteiger partial charge in [-0.05, 0) is 67.8 Å². The summed E-state index contributed by atoms with van der Waals surface area (Å²) in [4.78, 5) is 29.7. The predicted molar refractivity (Wildman–Crippen MR) is 179 cm³/mol. The summed E-state index contributed by atoms with van der Waals surface area (Å²) in [5, 5.41) is 2.97. The first-order valence-electron chi connectivity index (χ1n) is 14.6. The molecule has 0 fully saturated rings. The molecule has 9 heteroatoms. The van der Waals surface area contributed by atoms with Crippen molar-refractivity contribution < 1.29 is 18.0 Å². The number of hydrogen-bond donors (Lipinski definition) is 1. The van der Waals surface area contributed by atoms with Crippen LogP contribution in [0.5, 0.6) is 0 Å². The van der Waals surface area contributed by atoms with Crippen molar-refractivity contribution in [3.63, 3.8) is 0 Å². The zero-order valence-electron chi connectivity index (χ0n) is 25.2. The molecule has 1 N–H and O–H groups in total. The Balaban J connectivity index is 1.78. The number of nitrogens with one attached hydrogen (secondary N) is 1. The van der Waals surface area contributed by atoms with Crippen molar-refractivity contribution >= 4 is 43.5 Å². The van der Waals surface area contributed by atoms with E-state index in [2.05, 4.69) is 21.2 Å². The van der Waals surface area contributed by atoms with E-state index in [0.717, 1.165) is 37.5 Å². The van der Waals surface area contributed by atoms with Crippen molar-refractivity contribution in [2.75, 3.05) is 17.4 Å². The molecule has 4 rings (SSSR count). The Morgan fingerprint density at radius 2 is 1.39 bits per heavy atom. The topological polar surface area (TPSA) is 86.8 Å². The van der Waals surface area contributed by atoms with Gasteiger partial charge in [0.05, 0.1) is 10.6 Å². The van der Waals surface area contributed by atoms with Gasteiger partial charge in [-0.2, -0.15) is 0 Å². The molecule has 230 valence electrons. The lowest BCUT2D eigenvalue weighted by molar-refractivity contribution is -0.140. The molecule has 0 saturated heterocycles. The smallest absolute Gasteiger partial charge is 0.264 e. The minimum atomic E-state index is -4.14. The lowest BCUT2D eigenvalue weighted by Gasteiger charge is -2.34. The summed E-state index contributed by atoms with van der Waals surface area (Å²) in [6, 6.07) is 29.7. The van der Waals surface area contributed by atoms with Gasteiger partial charge in [0.15, 0.2) is 0 Å². The van der Waals surface area contributed by atoms with Gasteiger partial charge >= 0.3 is 0 Å². The molecule has 0 aliphatic rings. The van der Waals surface area contributed by atoms with E-state index in [1.807, 2.05) is 75.4 Å². The molecule has 0 unspecified atom stereocenters. The van der Waals surface area contributed by atoms with Crippen LogP contribution in [0.4, 0.5) is 5.69 Å². The van der Waals surface area contributed by atoms with Crippen LogP contribution < -0.4 is 9.62 Å². The molecular formula is C35H38BrN3O4S. The Kier molecular flexibility index (Phi) is 11.4. The summed E-state index contributed by atoms with van der Waals surface area (Å²) < 4.78 is 30.1. The second-order valence-corrected chi connectivity index (χ2v) is 13.6. The number of carbonyl (C=O) groups excluding carboxylic acids is 2. The number of halogens is 1. The van der Waals surface area contributed by atoms with Crippen molar-refractivity contribution in [2.45, 2.75) is 51.1 Å². The molecule has 4 aromatic carbocycles. The highest BCUT2D eigenvalue weighted by Crippen LogP contribution is 2.27. The number of anilines is 1. The zero-order valence-corrected chi connectivity index (χ0v) is 27.6. The molecule has 44 heavy (non-hydrogen) atoms. The van der Waals surface area contributed by atoms with E-state index in [9.17, 15) is 18.0 Å². The van der Waals surface area contributed by atoms with Crippen molar-refractivity contribution in [1.29, 1.82) is 0 Å². The van der Waals surface area contributed by atoms with Crippen molar-refractivity contribution in [3.8, 4) is 0 Å². The number of nitrogens with zero attached hydrogens (tertiary/aromatic N) is 2. The van der Waals surface area contributed by atoms with Crippen LogP contribution in [0.2, 0.25) is 0 Å². The molecule has 4 aromatic rings. The Labute approximate surface area is 269 Å². The average Bonchev–Trinajstić information content (AvgIpc) is 3.02. The minimum Gasteiger partial charge on any atom is -0.354 e. The van der Waals surface area contributed by atoms with E-state index in [4.69, 9.17) is 0 Å². The van der Waals surface area contributed by atoms with Gasteiger partial charge < -0.3 is 10.2 Å². The van der Waals surface area contributed by atoms with E-state index in [1.54, 1.807) is 48.5 Å². The average molecular weight is 677 g/mol. The second-order valence-electron chi connectivity index (χ2n) is 10.8. The van der Waals surface area contributed by atoms with Crippen LogP contribution in [0.1, 0.15) is 35.6 Å². The van der Waals surface area contributed by atoms with E-state index < -0.39 is 28.5 Å². The van der Waals surface area contributed by atoms with Gasteiger partial charge in [0.1, 0.15) is 12.6 Å². The number of sulfonamides is 1. The van der Waals surface area contributed by atoms with Crippen molar-refractivity contribution in [2.24, 2.45) is 0 Å². The SMILES string of the molecule is CCCNC(=O)[C@@H](Cc1ccccc1)N(Cc1ccc(C)cc1)C(=O)CN(c1ccc(Br)cc1)S(=O)(=O)c1ccc(C)cc1. The third-order valence-electron chi connectivity index (χ3n) is 7.30. The molecule has 0 heterocycles. The monoisotopic (exact) mass is 675 g/mol.